The van der Waals surface area contributed by atoms with E-state index >= 15 is 0 Å². The van der Waals surface area contributed by atoms with Gasteiger partial charge in [0.05, 0.1) is 30.7 Å². The first kappa shape index (κ1) is 34.6. The van der Waals surface area contributed by atoms with Crippen molar-refractivity contribution in [3.05, 3.63) is 115 Å². The third-order valence-electron chi connectivity index (χ3n) is 5.08. The molecule has 38 heavy (non-hydrogen) atoms. The summed E-state index contributed by atoms with van der Waals surface area (Å²) < 4.78 is 17.4. The van der Waals surface area contributed by atoms with Gasteiger partial charge in [0.1, 0.15) is 18.3 Å². The summed E-state index contributed by atoms with van der Waals surface area (Å²) in [5.74, 6) is 1.63. The molecule has 6 nitrogen and oxygen atoms in total. The Bertz CT molecular complexity index is 1070. The van der Waals surface area contributed by atoms with Gasteiger partial charge < -0.3 is 24.4 Å². The fourth-order valence-corrected chi connectivity index (χ4v) is 3.02. The lowest BCUT2D eigenvalue weighted by Crippen LogP contribution is -1.99. The van der Waals surface area contributed by atoms with Crippen molar-refractivity contribution in [3.63, 3.8) is 0 Å². The highest BCUT2D eigenvalue weighted by atomic mass is 16.5. The number of aromatic nitrogens is 1. The molecule has 0 saturated carbocycles. The van der Waals surface area contributed by atoms with Crippen LogP contribution in [0.1, 0.15) is 53.2 Å². The molecular formula is C32H45NO5. The Hall–Kier alpha value is -3.45. The van der Waals surface area contributed by atoms with Crippen LogP contribution in [0.4, 0.5) is 0 Å². The molecule has 2 aromatic rings. The molecule has 6 heteroatoms. The molecule has 0 unspecified atom stereocenters. The Kier molecular flexibility index (Phi) is 20.7. The van der Waals surface area contributed by atoms with E-state index in [1.807, 2.05) is 88.6 Å². The predicted octanol–water partition coefficient (Wildman–Crippen LogP) is 7.53. The summed E-state index contributed by atoms with van der Waals surface area (Å²) in [6.45, 7) is 17.2. The van der Waals surface area contributed by atoms with E-state index in [1.165, 1.54) is 0 Å². The smallest absolute Gasteiger partial charge is 0.140 e. The van der Waals surface area contributed by atoms with Crippen molar-refractivity contribution in [2.75, 3.05) is 20.0 Å². The topological polar surface area (TPSA) is 81.0 Å². The molecule has 1 aromatic heterocycles. The molecule has 1 heterocycles. The number of rotatable bonds is 13. The van der Waals surface area contributed by atoms with E-state index in [2.05, 4.69) is 37.2 Å². The first-order valence-electron chi connectivity index (χ1n) is 12.7. The summed E-state index contributed by atoms with van der Waals surface area (Å²) in [5, 5.41) is 15.4. The van der Waals surface area contributed by atoms with E-state index in [-0.39, 0.29) is 0 Å². The van der Waals surface area contributed by atoms with E-state index in [1.54, 1.807) is 0 Å². The minimum absolute atomic E-state index is 0.535. The van der Waals surface area contributed by atoms with Gasteiger partial charge in [-0.2, -0.15) is 0 Å². The molecular weight excluding hydrogens is 478 g/mol. The summed E-state index contributed by atoms with van der Waals surface area (Å²) in [6, 6.07) is 12.2. The summed E-state index contributed by atoms with van der Waals surface area (Å²) >= 11 is 0. The van der Waals surface area contributed by atoms with Gasteiger partial charge in [-0.1, -0.05) is 30.3 Å². The van der Waals surface area contributed by atoms with Crippen LogP contribution in [0.5, 0.6) is 0 Å². The Balaban J connectivity index is 0.00000255. The van der Waals surface area contributed by atoms with Crippen molar-refractivity contribution >= 4 is 10.9 Å². The molecule has 0 aliphatic rings. The molecule has 0 amide bonds. The summed E-state index contributed by atoms with van der Waals surface area (Å²) in [4.78, 5) is 4.63. The van der Waals surface area contributed by atoms with E-state index in [9.17, 15) is 0 Å². The van der Waals surface area contributed by atoms with E-state index in [4.69, 9.17) is 24.4 Å². The van der Waals surface area contributed by atoms with Crippen molar-refractivity contribution in [3.8, 4) is 0 Å². The summed E-state index contributed by atoms with van der Waals surface area (Å²) in [7, 11) is 0. The van der Waals surface area contributed by atoms with Gasteiger partial charge in [-0.3, -0.25) is 4.98 Å². The zero-order valence-electron chi connectivity index (χ0n) is 23.7. The summed E-state index contributed by atoms with van der Waals surface area (Å²) in [5.41, 5.74) is 4.14. The number of fused-ring (bicyclic) bond motifs is 1. The lowest BCUT2D eigenvalue weighted by Gasteiger charge is -2.09. The van der Waals surface area contributed by atoms with Gasteiger partial charge in [-0.15, -0.1) is 13.2 Å². The van der Waals surface area contributed by atoms with Crippen molar-refractivity contribution in [2.24, 2.45) is 0 Å². The maximum absolute atomic E-state index is 7.12. The van der Waals surface area contributed by atoms with Crippen LogP contribution in [-0.4, -0.2) is 35.2 Å². The van der Waals surface area contributed by atoms with Gasteiger partial charge in [0.25, 0.3) is 0 Å². The van der Waals surface area contributed by atoms with Gasteiger partial charge in [0, 0.05) is 12.0 Å². The van der Waals surface area contributed by atoms with Crippen LogP contribution in [0.15, 0.2) is 109 Å². The van der Waals surface area contributed by atoms with Crippen molar-refractivity contribution in [1.29, 1.82) is 0 Å². The number of ether oxygens (including phenoxy) is 3. The number of para-hydroxylation sites is 1. The van der Waals surface area contributed by atoms with Crippen LogP contribution in [0.25, 0.3) is 10.9 Å². The normalized spacial score (nSPS) is 12.5. The van der Waals surface area contributed by atoms with Crippen LogP contribution in [0.2, 0.25) is 0 Å². The molecule has 0 spiro atoms. The quantitative estimate of drug-likeness (QED) is 0.0928. The van der Waals surface area contributed by atoms with Crippen molar-refractivity contribution in [2.45, 2.75) is 54.1 Å². The highest BCUT2D eigenvalue weighted by Crippen LogP contribution is 2.16. The number of allylic oxidation sites excluding steroid dienone is 7. The zero-order chi connectivity index (χ0) is 28.6. The highest BCUT2D eigenvalue weighted by Gasteiger charge is 2.01. The van der Waals surface area contributed by atoms with Crippen molar-refractivity contribution < 1.29 is 24.4 Å². The molecule has 0 saturated heterocycles. The van der Waals surface area contributed by atoms with Gasteiger partial charge in [-0.05, 0) is 95.0 Å². The number of hydrogen-bond donors (Lipinski definition) is 2. The highest BCUT2D eigenvalue weighted by molar-refractivity contribution is 5.78. The molecule has 0 aliphatic heterocycles. The lowest BCUT2D eigenvalue weighted by molar-refractivity contribution is 0.0773. The second kappa shape index (κ2) is 22.7. The van der Waals surface area contributed by atoms with Crippen LogP contribution in [-0.2, 0) is 20.8 Å². The fourth-order valence-electron chi connectivity index (χ4n) is 3.02. The predicted molar refractivity (Wildman–Crippen MR) is 158 cm³/mol. The molecule has 208 valence electrons. The molecule has 0 atom stereocenters. The number of pyridine rings is 1. The Morgan fingerprint density at radius 1 is 0.895 bits per heavy atom. The summed E-state index contributed by atoms with van der Waals surface area (Å²) in [6.07, 6.45) is 13.5. The van der Waals surface area contributed by atoms with Gasteiger partial charge >= 0.3 is 0 Å². The number of aliphatic hydroxyl groups excluding tert-OH is 1. The van der Waals surface area contributed by atoms with Crippen molar-refractivity contribution in [1.82, 2.24) is 4.98 Å². The zero-order valence-corrected chi connectivity index (χ0v) is 23.7. The number of hydrogen-bond acceptors (Lipinski definition) is 6. The van der Waals surface area contributed by atoms with Crippen LogP contribution in [0, 0.1) is 0 Å². The first-order valence-corrected chi connectivity index (χ1v) is 12.7. The third kappa shape index (κ3) is 15.0. The third-order valence-corrected chi connectivity index (χ3v) is 5.08. The second-order valence-corrected chi connectivity index (χ2v) is 7.88. The van der Waals surface area contributed by atoms with E-state index in [0.717, 1.165) is 52.1 Å². The van der Waals surface area contributed by atoms with Crippen LogP contribution >= 0.6 is 0 Å². The molecule has 2 rings (SSSR count). The van der Waals surface area contributed by atoms with Crippen LogP contribution < -0.4 is 0 Å². The van der Waals surface area contributed by atoms with Gasteiger partial charge in [0.15, 0.2) is 0 Å². The minimum Gasteiger partial charge on any atom is -0.501 e. The monoisotopic (exact) mass is 523 g/mol. The Morgan fingerprint density at radius 3 is 2.21 bits per heavy atom. The first-order chi connectivity index (χ1) is 18.5. The number of unbranched alkanes of at least 4 members (excludes halogenated alkanes) is 1. The van der Waals surface area contributed by atoms with E-state index in [0.29, 0.717) is 19.8 Å². The minimum atomic E-state index is -0.750. The fraction of sp³-hybridized carbons (Fsp3) is 0.344. The second-order valence-electron chi connectivity index (χ2n) is 7.88. The standard InChI is InChI=1S/C29H37NO3.C2H4.CH4O2/c1-6-13-27(7-2)33-28(8-3)20-23(4)24(5)21-31-18-11-12-19-32-22-26-17-16-25-14-9-10-15-29(25)30-26;1-2;2-1-3/h6-10,13-17,20-21H,11-12,18-19,22H2,1-5H3;1-2H2;2-3H,1H2/b13-6-,23-20-,24-21+,27-7+,28-8+;;. The lowest BCUT2D eigenvalue weighted by atomic mass is 10.1. The number of nitrogens with zero attached hydrogens (tertiary/aromatic N) is 1. The molecule has 2 N–H and O–H groups in total. The largest absolute Gasteiger partial charge is 0.501 e. The van der Waals surface area contributed by atoms with Gasteiger partial charge in [0.2, 0.25) is 0 Å². The number of aliphatic hydroxyl groups is 2. The van der Waals surface area contributed by atoms with Gasteiger partial charge in [-0.25, -0.2) is 0 Å². The van der Waals surface area contributed by atoms with E-state index < -0.39 is 6.79 Å². The van der Waals surface area contributed by atoms with Crippen LogP contribution in [0.3, 0.4) is 0 Å². The average Bonchev–Trinajstić information content (AvgIpc) is 2.94. The molecule has 0 radical (unpaired) electrons. The molecule has 0 fully saturated rings. The maximum Gasteiger partial charge on any atom is 0.140 e. The Labute approximate surface area is 229 Å². The molecule has 0 bridgehead atoms. The Morgan fingerprint density at radius 2 is 1.55 bits per heavy atom. The maximum atomic E-state index is 7.12. The average molecular weight is 524 g/mol. The SMILES string of the molecule is C/C=C\C(=C/C)OC(/C=C(C)\C(C)=C\OCCCCOCc1ccc2ccccc2n1)=C/C.C=C.OCO. The number of benzene rings is 1. The molecule has 1 aromatic carbocycles. The molecule has 0 aliphatic carbocycles.